The summed E-state index contributed by atoms with van der Waals surface area (Å²) in [5.74, 6) is 1.87. The van der Waals surface area contributed by atoms with Crippen LogP contribution in [0.1, 0.15) is 30.9 Å². The second kappa shape index (κ2) is 7.06. The second-order valence-electron chi connectivity index (χ2n) is 6.53. The number of hydrogen-bond donors (Lipinski definition) is 1. The molecule has 3 rings (SSSR count). The lowest BCUT2D eigenvalue weighted by Gasteiger charge is -2.26. The standard InChI is InChI=1S/C19H23NO4S/c1-13(2)14-4-7-18(8-5-14)25(21,22)20-16-10-15-11-17(23-3)6-9-19(15)24-12-16/h4-9,11,13,16,20H,10,12H2,1-3H3/t16-/m1/s1. The molecule has 5 nitrogen and oxygen atoms in total. The summed E-state index contributed by atoms with van der Waals surface area (Å²) in [4.78, 5) is 0.272. The van der Waals surface area contributed by atoms with Crippen LogP contribution in [0.3, 0.4) is 0 Å². The third-order valence-electron chi connectivity index (χ3n) is 4.35. The van der Waals surface area contributed by atoms with E-state index in [0.29, 0.717) is 18.9 Å². The molecule has 2 aromatic carbocycles. The lowest BCUT2D eigenvalue weighted by molar-refractivity contribution is 0.253. The Kier molecular flexibility index (Phi) is 5.01. The Bertz CT molecular complexity index is 844. The van der Waals surface area contributed by atoms with Gasteiger partial charge in [-0.3, -0.25) is 0 Å². The first kappa shape index (κ1) is 17.8. The summed E-state index contributed by atoms with van der Waals surface area (Å²) in [6.45, 7) is 4.46. The third kappa shape index (κ3) is 3.96. The van der Waals surface area contributed by atoms with Crippen molar-refractivity contribution in [3.63, 3.8) is 0 Å². The van der Waals surface area contributed by atoms with E-state index in [-0.39, 0.29) is 10.9 Å². The number of rotatable bonds is 5. The zero-order chi connectivity index (χ0) is 18.0. The van der Waals surface area contributed by atoms with Gasteiger partial charge in [-0.25, -0.2) is 13.1 Å². The van der Waals surface area contributed by atoms with Crippen LogP contribution in [0.15, 0.2) is 47.4 Å². The summed E-state index contributed by atoms with van der Waals surface area (Å²) < 4.78 is 38.9. The first-order chi connectivity index (χ1) is 11.9. The molecule has 0 radical (unpaired) electrons. The SMILES string of the molecule is COc1ccc2c(c1)C[C@@H](NS(=O)(=O)c1ccc(C(C)C)cc1)CO2. The molecule has 0 bridgehead atoms. The molecule has 0 amide bonds. The monoisotopic (exact) mass is 361 g/mol. The fourth-order valence-corrected chi connectivity index (χ4v) is 4.11. The van der Waals surface area contributed by atoms with Crippen LogP contribution in [0.25, 0.3) is 0 Å². The molecule has 0 unspecified atom stereocenters. The van der Waals surface area contributed by atoms with E-state index in [0.717, 1.165) is 22.6 Å². The van der Waals surface area contributed by atoms with E-state index in [2.05, 4.69) is 18.6 Å². The lowest BCUT2D eigenvalue weighted by Crippen LogP contribution is -2.42. The highest BCUT2D eigenvalue weighted by atomic mass is 32.2. The number of nitrogens with one attached hydrogen (secondary N) is 1. The Morgan fingerprint density at radius 2 is 1.88 bits per heavy atom. The molecule has 0 aromatic heterocycles. The maximum absolute atomic E-state index is 12.6. The maximum Gasteiger partial charge on any atom is 0.240 e. The van der Waals surface area contributed by atoms with Gasteiger partial charge < -0.3 is 9.47 Å². The highest BCUT2D eigenvalue weighted by Crippen LogP contribution is 2.29. The Balaban J connectivity index is 1.75. The predicted octanol–water partition coefficient (Wildman–Crippen LogP) is 3.10. The predicted molar refractivity (Wildman–Crippen MR) is 96.8 cm³/mol. The van der Waals surface area contributed by atoms with E-state index in [9.17, 15) is 8.42 Å². The summed E-state index contributed by atoms with van der Waals surface area (Å²) in [6.07, 6.45) is 0.565. The van der Waals surface area contributed by atoms with Crippen LogP contribution in [-0.4, -0.2) is 28.2 Å². The second-order valence-corrected chi connectivity index (χ2v) is 8.24. The van der Waals surface area contributed by atoms with Crippen LogP contribution in [-0.2, 0) is 16.4 Å². The van der Waals surface area contributed by atoms with E-state index in [1.807, 2.05) is 30.3 Å². The minimum absolute atomic E-state index is 0.272. The highest BCUT2D eigenvalue weighted by Gasteiger charge is 2.25. The Labute approximate surface area is 149 Å². The van der Waals surface area contributed by atoms with Gasteiger partial charge in [0.15, 0.2) is 0 Å². The topological polar surface area (TPSA) is 64.6 Å². The van der Waals surface area contributed by atoms with Crippen molar-refractivity contribution in [2.75, 3.05) is 13.7 Å². The fraction of sp³-hybridized carbons (Fsp3) is 0.368. The smallest absolute Gasteiger partial charge is 0.240 e. The largest absolute Gasteiger partial charge is 0.497 e. The van der Waals surface area contributed by atoms with Gasteiger partial charge in [0, 0.05) is 0 Å². The summed E-state index contributed by atoms with van der Waals surface area (Å²) in [5.41, 5.74) is 2.05. The lowest BCUT2D eigenvalue weighted by atomic mass is 10.0. The van der Waals surface area contributed by atoms with E-state index in [1.165, 1.54) is 0 Å². The van der Waals surface area contributed by atoms with Crippen LogP contribution in [0.5, 0.6) is 11.5 Å². The Morgan fingerprint density at radius 3 is 2.52 bits per heavy atom. The van der Waals surface area contributed by atoms with Gasteiger partial charge in [0.05, 0.1) is 18.0 Å². The zero-order valence-electron chi connectivity index (χ0n) is 14.7. The molecule has 1 heterocycles. The maximum atomic E-state index is 12.6. The molecule has 1 aliphatic rings. The molecular formula is C19H23NO4S. The fourth-order valence-electron chi connectivity index (χ4n) is 2.89. The molecule has 1 atom stereocenters. The molecule has 134 valence electrons. The van der Waals surface area contributed by atoms with Gasteiger partial charge in [0.25, 0.3) is 0 Å². The molecule has 0 fully saturated rings. The average Bonchev–Trinajstić information content (AvgIpc) is 2.60. The summed E-state index contributed by atoms with van der Waals surface area (Å²) >= 11 is 0. The van der Waals surface area contributed by atoms with Crippen LogP contribution in [0, 0.1) is 0 Å². The number of ether oxygens (including phenoxy) is 2. The van der Waals surface area contributed by atoms with Gasteiger partial charge in [0.2, 0.25) is 10.0 Å². The Hall–Kier alpha value is -2.05. The number of methoxy groups -OCH3 is 1. The van der Waals surface area contributed by atoms with Crippen molar-refractivity contribution in [1.82, 2.24) is 4.72 Å². The number of fused-ring (bicyclic) bond motifs is 1. The van der Waals surface area contributed by atoms with Crippen LogP contribution >= 0.6 is 0 Å². The number of benzene rings is 2. The molecule has 2 aromatic rings. The molecular weight excluding hydrogens is 338 g/mol. The third-order valence-corrected chi connectivity index (χ3v) is 5.89. The molecule has 1 N–H and O–H groups in total. The first-order valence-corrected chi connectivity index (χ1v) is 9.79. The zero-order valence-corrected chi connectivity index (χ0v) is 15.5. The number of sulfonamides is 1. The van der Waals surface area contributed by atoms with E-state index in [4.69, 9.17) is 9.47 Å². The van der Waals surface area contributed by atoms with Gasteiger partial charge >= 0.3 is 0 Å². The quantitative estimate of drug-likeness (QED) is 0.889. The molecule has 6 heteroatoms. The molecule has 0 saturated heterocycles. The average molecular weight is 361 g/mol. The summed E-state index contributed by atoms with van der Waals surface area (Å²) in [6, 6.07) is 12.3. The van der Waals surface area contributed by atoms with Gasteiger partial charge in [0.1, 0.15) is 18.1 Å². The van der Waals surface area contributed by atoms with Crippen molar-refractivity contribution in [2.45, 2.75) is 37.1 Å². The van der Waals surface area contributed by atoms with Crippen molar-refractivity contribution in [3.8, 4) is 11.5 Å². The summed E-state index contributed by atoms with van der Waals surface area (Å²) in [5, 5.41) is 0. The normalized spacial score (nSPS) is 17.0. The van der Waals surface area contributed by atoms with Crippen molar-refractivity contribution in [1.29, 1.82) is 0 Å². The van der Waals surface area contributed by atoms with Crippen molar-refractivity contribution in [2.24, 2.45) is 0 Å². The van der Waals surface area contributed by atoms with E-state index < -0.39 is 10.0 Å². The van der Waals surface area contributed by atoms with Gasteiger partial charge in [-0.2, -0.15) is 0 Å². The van der Waals surface area contributed by atoms with E-state index >= 15 is 0 Å². The van der Waals surface area contributed by atoms with Gasteiger partial charge in [-0.1, -0.05) is 26.0 Å². The first-order valence-electron chi connectivity index (χ1n) is 8.31. The van der Waals surface area contributed by atoms with Crippen molar-refractivity contribution in [3.05, 3.63) is 53.6 Å². The van der Waals surface area contributed by atoms with Crippen LogP contribution in [0.4, 0.5) is 0 Å². The minimum Gasteiger partial charge on any atom is -0.497 e. The van der Waals surface area contributed by atoms with Crippen LogP contribution in [0.2, 0.25) is 0 Å². The van der Waals surface area contributed by atoms with Gasteiger partial charge in [-0.05, 0) is 53.8 Å². The molecule has 0 aliphatic carbocycles. The summed E-state index contributed by atoms with van der Waals surface area (Å²) in [7, 11) is -1.98. The Morgan fingerprint density at radius 1 is 1.16 bits per heavy atom. The molecule has 0 saturated carbocycles. The minimum atomic E-state index is -3.58. The molecule has 0 spiro atoms. The van der Waals surface area contributed by atoms with Crippen LogP contribution < -0.4 is 14.2 Å². The highest BCUT2D eigenvalue weighted by molar-refractivity contribution is 7.89. The van der Waals surface area contributed by atoms with E-state index in [1.54, 1.807) is 19.2 Å². The molecule has 25 heavy (non-hydrogen) atoms. The molecule has 1 aliphatic heterocycles. The van der Waals surface area contributed by atoms with Crippen molar-refractivity contribution >= 4 is 10.0 Å². The van der Waals surface area contributed by atoms with Gasteiger partial charge in [-0.15, -0.1) is 0 Å². The number of hydrogen-bond acceptors (Lipinski definition) is 4. The van der Waals surface area contributed by atoms with Crippen molar-refractivity contribution < 1.29 is 17.9 Å².